The van der Waals surface area contributed by atoms with Gasteiger partial charge in [-0.2, -0.15) is 0 Å². The topological polar surface area (TPSA) is 29.3 Å². The van der Waals surface area contributed by atoms with E-state index in [1.54, 1.807) is 0 Å². The third kappa shape index (κ3) is 2.96. The van der Waals surface area contributed by atoms with Crippen LogP contribution in [0.3, 0.4) is 0 Å². The van der Waals surface area contributed by atoms with Crippen molar-refractivity contribution in [3.05, 3.63) is 0 Å². The van der Waals surface area contributed by atoms with E-state index in [4.69, 9.17) is 5.73 Å². The normalized spacial score (nSPS) is 31.7. The molecule has 82 valence electrons. The maximum Gasteiger partial charge on any atom is 0.00793 e. The van der Waals surface area contributed by atoms with E-state index in [2.05, 4.69) is 11.8 Å². The highest BCUT2D eigenvalue weighted by Crippen LogP contribution is 2.32. The lowest BCUT2D eigenvalue weighted by atomic mass is 9.99. The quantitative estimate of drug-likeness (QED) is 0.743. The molecule has 1 aliphatic heterocycles. The Bertz CT molecular complexity index is 177. The minimum Gasteiger partial charge on any atom is -0.327 e. The van der Waals surface area contributed by atoms with Crippen molar-refractivity contribution in [1.82, 2.24) is 4.90 Å². The Kier molecular flexibility index (Phi) is 3.45. The summed E-state index contributed by atoms with van der Waals surface area (Å²) in [4.78, 5) is 2.61. The molecule has 0 radical (unpaired) electrons. The zero-order valence-electron chi connectivity index (χ0n) is 9.41. The molecular weight excluding hydrogens is 172 g/mol. The summed E-state index contributed by atoms with van der Waals surface area (Å²) in [6.45, 7) is 6.22. The molecule has 0 aromatic rings. The second kappa shape index (κ2) is 4.63. The first-order valence-electron chi connectivity index (χ1n) is 6.23. The summed E-state index contributed by atoms with van der Waals surface area (Å²) < 4.78 is 0. The lowest BCUT2D eigenvalue weighted by Gasteiger charge is -2.31. The van der Waals surface area contributed by atoms with Crippen LogP contribution in [-0.2, 0) is 0 Å². The molecule has 0 amide bonds. The molecule has 1 aliphatic carbocycles. The van der Waals surface area contributed by atoms with Gasteiger partial charge in [0.2, 0.25) is 0 Å². The third-order valence-electron chi connectivity index (χ3n) is 3.75. The van der Waals surface area contributed by atoms with Gasteiger partial charge in [0.15, 0.2) is 0 Å². The minimum absolute atomic E-state index is 0.493. The molecule has 1 saturated carbocycles. The number of hydrogen-bond acceptors (Lipinski definition) is 2. The standard InChI is InChI=1S/C12H24N2/c1-10-3-2-7-14(9-10)8-6-12(13)11-4-5-11/h10-12H,2-9,13H2,1H3. The van der Waals surface area contributed by atoms with Gasteiger partial charge >= 0.3 is 0 Å². The average molecular weight is 196 g/mol. The van der Waals surface area contributed by atoms with Crippen molar-refractivity contribution in [3.63, 3.8) is 0 Å². The van der Waals surface area contributed by atoms with E-state index in [9.17, 15) is 0 Å². The molecule has 0 aromatic carbocycles. The number of piperidine rings is 1. The molecule has 2 aliphatic rings. The van der Waals surface area contributed by atoms with Crippen LogP contribution in [0.15, 0.2) is 0 Å². The zero-order chi connectivity index (χ0) is 9.97. The van der Waals surface area contributed by atoms with Crippen LogP contribution >= 0.6 is 0 Å². The van der Waals surface area contributed by atoms with Gasteiger partial charge in [-0.3, -0.25) is 0 Å². The number of nitrogens with two attached hydrogens (primary N) is 1. The van der Waals surface area contributed by atoms with E-state index in [1.165, 1.54) is 51.7 Å². The summed E-state index contributed by atoms with van der Waals surface area (Å²) in [5, 5.41) is 0. The SMILES string of the molecule is CC1CCCN(CCC(N)C2CC2)C1. The lowest BCUT2D eigenvalue weighted by molar-refractivity contribution is 0.177. The molecular formula is C12H24N2. The van der Waals surface area contributed by atoms with Crippen LogP contribution in [0.25, 0.3) is 0 Å². The number of nitrogens with zero attached hydrogens (tertiary/aromatic N) is 1. The van der Waals surface area contributed by atoms with E-state index in [1.807, 2.05) is 0 Å². The highest BCUT2D eigenvalue weighted by Gasteiger charge is 2.28. The minimum atomic E-state index is 0.493. The number of likely N-dealkylation sites (tertiary alicyclic amines) is 1. The summed E-state index contributed by atoms with van der Waals surface area (Å²) in [6.07, 6.45) is 6.80. The predicted molar refractivity (Wildman–Crippen MR) is 60.2 cm³/mol. The smallest absolute Gasteiger partial charge is 0.00793 e. The first kappa shape index (κ1) is 10.4. The van der Waals surface area contributed by atoms with Gasteiger partial charge in [0, 0.05) is 12.6 Å². The van der Waals surface area contributed by atoms with Crippen LogP contribution in [0.5, 0.6) is 0 Å². The summed E-state index contributed by atoms with van der Waals surface area (Å²) in [5.41, 5.74) is 6.10. The molecule has 14 heavy (non-hydrogen) atoms. The van der Waals surface area contributed by atoms with Crippen molar-refractivity contribution in [1.29, 1.82) is 0 Å². The van der Waals surface area contributed by atoms with Gasteiger partial charge in [-0.25, -0.2) is 0 Å². The van der Waals surface area contributed by atoms with Gasteiger partial charge in [-0.1, -0.05) is 6.92 Å². The van der Waals surface area contributed by atoms with Gasteiger partial charge in [0.25, 0.3) is 0 Å². The fraction of sp³-hybridized carbons (Fsp3) is 1.00. The van der Waals surface area contributed by atoms with Gasteiger partial charge < -0.3 is 10.6 Å². The van der Waals surface area contributed by atoms with Crippen LogP contribution in [0, 0.1) is 11.8 Å². The molecule has 2 atom stereocenters. The maximum atomic E-state index is 6.10. The fourth-order valence-electron chi connectivity index (χ4n) is 2.58. The molecule has 2 heteroatoms. The van der Waals surface area contributed by atoms with Crippen LogP contribution in [-0.4, -0.2) is 30.6 Å². The van der Waals surface area contributed by atoms with E-state index >= 15 is 0 Å². The first-order chi connectivity index (χ1) is 6.75. The highest BCUT2D eigenvalue weighted by molar-refractivity contribution is 4.84. The Balaban J connectivity index is 1.63. The summed E-state index contributed by atoms with van der Waals surface area (Å²) in [5.74, 6) is 1.78. The number of rotatable bonds is 4. The van der Waals surface area contributed by atoms with Gasteiger partial charge in [-0.05, 0) is 57.0 Å². The monoisotopic (exact) mass is 196 g/mol. The van der Waals surface area contributed by atoms with Crippen LogP contribution in [0.4, 0.5) is 0 Å². The van der Waals surface area contributed by atoms with Crippen LogP contribution in [0.1, 0.15) is 39.0 Å². The predicted octanol–water partition coefficient (Wildman–Crippen LogP) is 1.85. The molecule has 2 N–H and O–H groups in total. The largest absolute Gasteiger partial charge is 0.327 e. The van der Waals surface area contributed by atoms with Crippen molar-refractivity contribution >= 4 is 0 Å². The lowest BCUT2D eigenvalue weighted by Crippen LogP contribution is -2.37. The summed E-state index contributed by atoms with van der Waals surface area (Å²) in [7, 11) is 0. The van der Waals surface area contributed by atoms with Crippen molar-refractivity contribution in [3.8, 4) is 0 Å². The fourth-order valence-corrected chi connectivity index (χ4v) is 2.58. The first-order valence-corrected chi connectivity index (χ1v) is 6.23. The summed E-state index contributed by atoms with van der Waals surface area (Å²) >= 11 is 0. The Morgan fingerprint density at radius 3 is 2.79 bits per heavy atom. The van der Waals surface area contributed by atoms with Gasteiger partial charge in [0.1, 0.15) is 0 Å². The third-order valence-corrected chi connectivity index (χ3v) is 3.75. The van der Waals surface area contributed by atoms with Crippen LogP contribution < -0.4 is 5.73 Å². The number of hydrogen-bond donors (Lipinski definition) is 1. The second-order valence-corrected chi connectivity index (χ2v) is 5.34. The van der Waals surface area contributed by atoms with Crippen molar-refractivity contribution in [2.75, 3.05) is 19.6 Å². The van der Waals surface area contributed by atoms with Gasteiger partial charge in [0.05, 0.1) is 0 Å². The maximum absolute atomic E-state index is 6.10. The molecule has 1 saturated heterocycles. The van der Waals surface area contributed by atoms with Crippen molar-refractivity contribution in [2.45, 2.75) is 45.1 Å². The Morgan fingerprint density at radius 2 is 2.14 bits per heavy atom. The molecule has 2 nitrogen and oxygen atoms in total. The molecule has 2 fully saturated rings. The average Bonchev–Trinajstić information content (AvgIpc) is 2.97. The Labute approximate surface area is 87.8 Å². The molecule has 2 unspecified atom stereocenters. The second-order valence-electron chi connectivity index (χ2n) is 5.34. The molecule has 1 heterocycles. The Hall–Kier alpha value is -0.0800. The van der Waals surface area contributed by atoms with Gasteiger partial charge in [-0.15, -0.1) is 0 Å². The molecule has 0 spiro atoms. The van der Waals surface area contributed by atoms with E-state index < -0.39 is 0 Å². The molecule has 2 rings (SSSR count). The van der Waals surface area contributed by atoms with E-state index in [-0.39, 0.29) is 0 Å². The van der Waals surface area contributed by atoms with E-state index in [0.29, 0.717) is 6.04 Å². The molecule has 0 aromatic heterocycles. The zero-order valence-corrected chi connectivity index (χ0v) is 9.41. The Morgan fingerprint density at radius 1 is 1.36 bits per heavy atom. The van der Waals surface area contributed by atoms with Crippen molar-refractivity contribution < 1.29 is 0 Å². The molecule has 0 bridgehead atoms. The van der Waals surface area contributed by atoms with E-state index in [0.717, 1.165) is 11.8 Å². The highest BCUT2D eigenvalue weighted by atomic mass is 15.1. The summed E-state index contributed by atoms with van der Waals surface area (Å²) in [6, 6.07) is 0.493. The van der Waals surface area contributed by atoms with Crippen molar-refractivity contribution in [2.24, 2.45) is 17.6 Å². The van der Waals surface area contributed by atoms with Crippen LogP contribution in [0.2, 0.25) is 0 Å².